The average molecular weight is 355 g/mol. The molecule has 5 heterocycles. The molecule has 1 unspecified atom stereocenters. The van der Waals surface area contributed by atoms with E-state index in [1.165, 1.54) is 0 Å². The van der Waals surface area contributed by atoms with Crippen LogP contribution in [-0.4, -0.2) is 62.4 Å². The van der Waals surface area contributed by atoms with Gasteiger partial charge in [-0.05, 0) is 25.0 Å². The molecule has 136 valence electrons. The summed E-state index contributed by atoms with van der Waals surface area (Å²) in [6.45, 7) is 5.20. The molecule has 2 aliphatic heterocycles. The van der Waals surface area contributed by atoms with Crippen molar-refractivity contribution in [2.24, 2.45) is 0 Å². The summed E-state index contributed by atoms with van der Waals surface area (Å²) in [6.07, 6.45) is 5.64. The number of imidazole rings is 1. The Morgan fingerprint density at radius 1 is 1.15 bits per heavy atom. The van der Waals surface area contributed by atoms with Gasteiger partial charge in [-0.1, -0.05) is 5.16 Å². The number of hydrogen-bond donors (Lipinski definition) is 0. The molecule has 0 radical (unpaired) electrons. The van der Waals surface area contributed by atoms with Crippen LogP contribution in [0.2, 0.25) is 0 Å². The van der Waals surface area contributed by atoms with E-state index < -0.39 is 0 Å². The third kappa shape index (κ3) is 3.04. The first kappa shape index (κ1) is 15.7. The van der Waals surface area contributed by atoms with Gasteiger partial charge >= 0.3 is 0 Å². The molecule has 2 saturated heterocycles. The van der Waals surface area contributed by atoms with E-state index >= 15 is 0 Å². The van der Waals surface area contributed by atoms with E-state index in [2.05, 4.69) is 30.0 Å². The Morgan fingerprint density at radius 3 is 2.92 bits per heavy atom. The van der Waals surface area contributed by atoms with Gasteiger partial charge in [0.15, 0.2) is 11.5 Å². The van der Waals surface area contributed by atoms with Crippen molar-refractivity contribution in [1.82, 2.24) is 29.6 Å². The van der Waals surface area contributed by atoms with Gasteiger partial charge in [0, 0.05) is 45.2 Å². The molecular weight excluding hydrogens is 334 g/mol. The van der Waals surface area contributed by atoms with E-state index in [9.17, 15) is 0 Å². The topological polar surface area (TPSA) is 84.8 Å². The van der Waals surface area contributed by atoms with Gasteiger partial charge in [0.05, 0.1) is 6.54 Å². The van der Waals surface area contributed by atoms with Gasteiger partial charge in [-0.2, -0.15) is 4.98 Å². The van der Waals surface area contributed by atoms with Crippen LogP contribution in [0.25, 0.3) is 5.65 Å². The fourth-order valence-corrected chi connectivity index (χ4v) is 3.54. The first-order chi connectivity index (χ1) is 12.8. The van der Waals surface area contributed by atoms with Gasteiger partial charge < -0.3 is 14.2 Å². The van der Waals surface area contributed by atoms with Crippen LogP contribution in [-0.2, 0) is 11.3 Å². The van der Waals surface area contributed by atoms with Crippen molar-refractivity contribution in [2.75, 3.05) is 37.7 Å². The number of anilines is 1. The summed E-state index contributed by atoms with van der Waals surface area (Å²) in [5.74, 6) is 2.34. The van der Waals surface area contributed by atoms with Gasteiger partial charge in [-0.15, -0.1) is 5.10 Å². The van der Waals surface area contributed by atoms with E-state index in [4.69, 9.17) is 9.26 Å². The number of rotatable bonds is 4. The third-order valence-electron chi connectivity index (χ3n) is 4.99. The molecule has 0 N–H and O–H groups in total. The molecule has 9 heteroatoms. The maximum Gasteiger partial charge on any atom is 0.255 e. The van der Waals surface area contributed by atoms with E-state index in [0.29, 0.717) is 12.4 Å². The van der Waals surface area contributed by atoms with E-state index in [1.54, 1.807) is 6.20 Å². The predicted molar refractivity (Wildman–Crippen MR) is 92.7 cm³/mol. The molecule has 0 aliphatic carbocycles. The Labute approximate surface area is 150 Å². The number of aromatic nitrogens is 5. The summed E-state index contributed by atoms with van der Waals surface area (Å²) in [5.41, 5.74) is 0.867. The van der Waals surface area contributed by atoms with Gasteiger partial charge in [0.2, 0.25) is 0 Å². The van der Waals surface area contributed by atoms with Crippen molar-refractivity contribution >= 4 is 11.5 Å². The maximum atomic E-state index is 5.60. The van der Waals surface area contributed by atoms with Crippen LogP contribution in [0.3, 0.4) is 0 Å². The average Bonchev–Trinajstić information content (AvgIpc) is 3.42. The number of nitrogens with zero attached hydrogens (tertiary/aromatic N) is 7. The lowest BCUT2D eigenvalue weighted by Gasteiger charge is -2.34. The Kier molecular flexibility index (Phi) is 4.02. The van der Waals surface area contributed by atoms with Crippen molar-refractivity contribution in [3.63, 3.8) is 0 Å². The summed E-state index contributed by atoms with van der Waals surface area (Å²) >= 11 is 0. The highest BCUT2D eigenvalue weighted by atomic mass is 16.5. The van der Waals surface area contributed by atoms with E-state index in [0.717, 1.165) is 62.9 Å². The molecule has 0 spiro atoms. The molecule has 26 heavy (non-hydrogen) atoms. The predicted octanol–water partition coefficient (Wildman–Crippen LogP) is 1.29. The zero-order valence-corrected chi connectivity index (χ0v) is 14.5. The van der Waals surface area contributed by atoms with Crippen LogP contribution in [0.1, 0.15) is 30.7 Å². The lowest BCUT2D eigenvalue weighted by molar-refractivity contribution is 0.0835. The lowest BCUT2D eigenvalue weighted by Crippen LogP contribution is -2.46. The summed E-state index contributed by atoms with van der Waals surface area (Å²) in [4.78, 5) is 13.4. The van der Waals surface area contributed by atoms with Crippen LogP contribution in [0.15, 0.2) is 29.0 Å². The zero-order valence-electron chi connectivity index (χ0n) is 14.5. The van der Waals surface area contributed by atoms with Crippen molar-refractivity contribution < 1.29 is 9.26 Å². The van der Waals surface area contributed by atoms with Crippen molar-refractivity contribution in [1.29, 1.82) is 0 Å². The first-order valence-electron chi connectivity index (χ1n) is 9.07. The first-order valence-corrected chi connectivity index (χ1v) is 9.07. The van der Waals surface area contributed by atoms with Gasteiger partial charge in [-0.25, -0.2) is 9.50 Å². The Morgan fingerprint density at radius 2 is 2.08 bits per heavy atom. The molecule has 3 aromatic heterocycles. The van der Waals surface area contributed by atoms with Crippen LogP contribution in [0, 0.1) is 0 Å². The smallest absolute Gasteiger partial charge is 0.255 e. The molecule has 0 saturated carbocycles. The second-order valence-electron chi connectivity index (χ2n) is 6.74. The Bertz CT molecular complexity index is 878. The molecular formula is C17H21N7O2. The fourth-order valence-electron chi connectivity index (χ4n) is 3.54. The second-order valence-corrected chi connectivity index (χ2v) is 6.74. The largest absolute Gasteiger partial charge is 0.368 e. The molecule has 0 amide bonds. The lowest BCUT2D eigenvalue weighted by atomic mass is 10.2. The second kappa shape index (κ2) is 6.65. The van der Waals surface area contributed by atoms with Crippen LogP contribution < -0.4 is 4.90 Å². The highest BCUT2D eigenvalue weighted by Gasteiger charge is 2.25. The van der Waals surface area contributed by atoms with E-state index in [1.807, 2.05) is 22.8 Å². The fraction of sp³-hybridized carbons (Fsp3) is 0.529. The Hall–Kier alpha value is -2.52. The monoisotopic (exact) mass is 355 g/mol. The summed E-state index contributed by atoms with van der Waals surface area (Å²) in [7, 11) is 0. The number of piperazine rings is 1. The van der Waals surface area contributed by atoms with Crippen molar-refractivity contribution in [3.05, 3.63) is 36.2 Å². The quantitative estimate of drug-likeness (QED) is 0.692. The minimum absolute atomic E-state index is 0.0164. The maximum absolute atomic E-state index is 5.60. The molecule has 2 fully saturated rings. The molecule has 9 nitrogen and oxygen atoms in total. The molecule has 3 aromatic rings. The van der Waals surface area contributed by atoms with Gasteiger partial charge in [-0.3, -0.25) is 4.90 Å². The SMILES string of the molecule is c1cn2nc(N3CCN(Cc4noc(C5CCCO5)n4)CC3)ccc2n1. The number of hydrogen-bond acceptors (Lipinski definition) is 8. The molecule has 1 atom stereocenters. The molecule has 2 aliphatic rings. The summed E-state index contributed by atoms with van der Waals surface area (Å²) in [5, 5.41) is 8.74. The standard InChI is InChI=1S/C17H21N7O2/c1-2-13(25-11-1)17-19-14(21-26-17)12-22-7-9-23(10-8-22)16-4-3-15-18-5-6-24(15)20-16/h3-6,13H,1-2,7-12H2. The normalized spacial score (nSPS) is 21.7. The Balaban J connectivity index is 1.19. The summed E-state index contributed by atoms with van der Waals surface area (Å²) < 4.78 is 12.8. The number of ether oxygens (including phenoxy) is 1. The highest BCUT2D eigenvalue weighted by molar-refractivity contribution is 5.46. The van der Waals surface area contributed by atoms with Crippen molar-refractivity contribution in [3.8, 4) is 0 Å². The van der Waals surface area contributed by atoms with Gasteiger partial charge in [0.1, 0.15) is 11.9 Å². The highest BCUT2D eigenvalue weighted by Crippen LogP contribution is 2.27. The zero-order chi connectivity index (χ0) is 17.3. The number of fused-ring (bicyclic) bond motifs is 1. The van der Waals surface area contributed by atoms with Crippen LogP contribution >= 0.6 is 0 Å². The van der Waals surface area contributed by atoms with Crippen LogP contribution in [0.4, 0.5) is 5.82 Å². The minimum Gasteiger partial charge on any atom is -0.368 e. The minimum atomic E-state index is -0.0164. The van der Waals surface area contributed by atoms with E-state index in [-0.39, 0.29) is 6.10 Å². The third-order valence-corrected chi connectivity index (χ3v) is 4.99. The molecule has 5 rings (SSSR count). The summed E-state index contributed by atoms with van der Waals surface area (Å²) in [6, 6.07) is 4.03. The van der Waals surface area contributed by atoms with Crippen molar-refractivity contribution in [2.45, 2.75) is 25.5 Å². The molecule has 0 aromatic carbocycles. The van der Waals surface area contributed by atoms with Gasteiger partial charge in [0.25, 0.3) is 5.89 Å². The van der Waals surface area contributed by atoms with Crippen LogP contribution in [0.5, 0.6) is 0 Å². The molecule has 0 bridgehead atoms.